The van der Waals surface area contributed by atoms with Crippen molar-refractivity contribution in [2.75, 3.05) is 13.2 Å². The lowest BCUT2D eigenvalue weighted by Gasteiger charge is -2.17. The third-order valence-electron chi connectivity index (χ3n) is 4.43. The fourth-order valence-corrected chi connectivity index (χ4v) is 3.26. The van der Waals surface area contributed by atoms with E-state index < -0.39 is 32.5 Å². The Labute approximate surface area is 174 Å². The van der Waals surface area contributed by atoms with Gasteiger partial charge in [-0.05, 0) is 6.42 Å². The van der Waals surface area contributed by atoms with Gasteiger partial charge < -0.3 is 19.3 Å². The summed E-state index contributed by atoms with van der Waals surface area (Å²) in [6.45, 7) is 2.54. The second-order valence-corrected chi connectivity index (χ2v) is 8.58. The summed E-state index contributed by atoms with van der Waals surface area (Å²) in [5.74, 6) is -1.08. The third-order valence-corrected chi connectivity index (χ3v) is 4.91. The molecular formula is C20H39O8P. The van der Waals surface area contributed by atoms with E-state index in [9.17, 15) is 14.2 Å². The Morgan fingerprint density at radius 1 is 0.828 bits per heavy atom. The second kappa shape index (κ2) is 17.9. The maximum Gasteiger partial charge on any atom is 0.469 e. The SMILES string of the molecule is CCCCCCCCCCCCCCC(=O)OC[C@H](COP(=O)(O)O)OC(C)=O. The van der Waals surface area contributed by atoms with Crippen LogP contribution >= 0.6 is 7.82 Å². The fraction of sp³-hybridized carbons (Fsp3) is 0.900. The summed E-state index contributed by atoms with van der Waals surface area (Å²) < 4.78 is 24.9. The summed E-state index contributed by atoms with van der Waals surface area (Å²) in [5, 5.41) is 0. The zero-order valence-electron chi connectivity index (χ0n) is 18.0. The van der Waals surface area contributed by atoms with E-state index >= 15 is 0 Å². The van der Waals surface area contributed by atoms with Crippen molar-refractivity contribution in [2.45, 2.75) is 103 Å². The molecule has 9 heteroatoms. The first kappa shape index (κ1) is 28.1. The predicted molar refractivity (Wildman–Crippen MR) is 110 cm³/mol. The minimum absolute atomic E-state index is 0.267. The van der Waals surface area contributed by atoms with Gasteiger partial charge in [0.1, 0.15) is 6.61 Å². The number of hydrogen-bond donors (Lipinski definition) is 2. The van der Waals surface area contributed by atoms with Gasteiger partial charge in [0, 0.05) is 13.3 Å². The minimum Gasteiger partial charge on any atom is -0.462 e. The summed E-state index contributed by atoms with van der Waals surface area (Å²) >= 11 is 0. The number of esters is 2. The molecule has 8 nitrogen and oxygen atoms in total. The Kier molecular flexibility index (Phi) is 17.3. The first-order chi connectivity index (χ1) is 13.7. The summed E-state index contributed by atoms with van der Waals surface area (Å²) in [4.78, 5) is 40.2. The van der Waals surface area contributed by atoms with Crippen LogP contribution in [0.3, 0.4) is 0 Å². The molecule has 0 aliphatic carbocycles. The van der Waals surface area contributed by atoms with Gasteiger partial charge in [-0.1, -0.05) is 77.6 Å². The second-order valence-electron chi connectivity index (χ2n) is 7.34. The number of carbonyl (C=O) groups excluding carboxylic acids is 2. The highest BCUT2D eigenvalue weighted by atomic mass is 31.2. The molecule has 1 atom stereocenters. The van der Waals surface area contributed by atoms with E-state index in [4.69, 9.17) is 19.3 Å². The van der Waals surface area contributed by atoms with Gasteiger partial charge in [0.25, 0.3) is 0 Å². The van der Waals surface area contributed by atoms with Crippen LogP contribution in [0, 0.1) is 0 Å². The van der Waals surface area contributed by atoms with Gasteiger partial charge in [0.15, 0.2) is 6.10 Å². The van der Waals surface area contributed by atoms with Gasteiger partial charge in [-0.15, -0.1) is 0 Å². The fourth-order valence-electron chi connectivity index (χ4n) is 2.90. The van der Waals surface area contributed by atoms with Gasteiger partial charge in [-0.3, -0.25) is 14.1 Å². The largest absolute Gasteiger partial charge is 0.469 e. The van der Waals surface area contributed by atoms with E-state index in [0.717, 1.165) is 26.2 Å². The molecule has 172 valence electrons. The Hall–Kier alpha value is -0.950. The van der Waals surface area contributed by atoms with Crippen LogP contribution in [0.2, 0.25) is 0 Å². The molecule has 0 rings (SSSR count). The molecule has 0 heterocycles. The number of phosphoric ester groups is 1. The van der Waals surface area contributed by atoms with Crippen LogP contribution in [-0.4, -0.2) is 41.0 Å². The molecule has 29 heavy (non-hydrogen) atoms. The molecule has 0 bridgehead atoms. The number of hydrogen-bond acceptors (Lipinski definition) is 6. The molecule has 0 aliphatic heterocycles. The lowest BCUT2D eigenvalue weighted by atomic mass is 10.0. The molecule has 0 spiro atoms. The standard InChI is InChI=1S/C20H39O8P/c1-3-4-5-6-7-8-9-10-11-12-13-14-15-20(22)26-16-19(28-18(2)21)17-27-29(23,24)25/h19H,3-17H2,1-2H3,(H2,23,24,25)/t19-/m1/s1. The Morgan fingerprint density at radius 3 is 1.76 bits per heavy atom. The topological polar surface area (TPSA) is 119 Å². The number of unbranched alkanes of at least 4 members (excludes halogenated alkanes) is 11. The van der Waals surface area contributed by atoms with E-state index in [1.54, 1.807) is 0 Å². The van der Waals surface area contributed by atoms with Crippen molar-refractivity contribution in [3.63, 3.8) is 0 Å². The molecule has 0 amide bonds. The molecule has 0 aromatic rings. The van der Waals surface area contributed by atoms with E-state index in [2.05, 4.69) is 11.4 Å². The van der Waals surface area contributed by atoms with Crippen LogP contribution in [0.4, 0.5) is 0 Å². The number of phosphoric acid groups is 1. The van der Waals surface area contributed by atoms with Gasteiger partial charge in [0.2, 0.25) is 0 Å². The zero-order chi connectivity index (χ0) is 22.0. The van der Waals surface area contributed by atoms with E-state index in [1.165, 1.54) is 57.8 Å². The van der Waals surface area contributed by atoms with Gasteiger partial charge in [-0.25, -0.2) is 4.57 Å². The van der Waals surface area contributed by atoms with Crippen molar-refractivity contribution >= 4 is 19.8 Å². The molecule has 0 unspecified atom stereocenters. The first-order valence-corrected chi connectivity index (χ1v) is 12.3. The van der Waals surface area contributed by atoms with Crippen molar-refractivity contribution in [1.29, 1.82) is 0 Å². The van der Waals surface area contributed by atoms with Crippen LogP contribution in [0.1, 0.15) is 97.3 Å². The highest BCUT2D eigenvalue weighted by Crippen LogP contribution is 2.35. The average Bonchev–Trinajstić information content (AvgIpc) is 2.63. The summed E-state index contributed by atoms with van der Waals surface area (Å²) in [5.41, 5.74) is 0. The molecule has 0 fully saturated rings. The molecule has 0 aromatic heterocycles. The average molecular weight is 438 g/mol. The smallest absolute Gasteiger partial charge is 0.462 e. The number of rotatable bonds is 19. The normalized spacial score (nSPS) is 12.6. The molecule has 0 saturated heterocycles. The summed E-state index contributed by atoms with van der Waals surface area (Å²) in [6, 6.07) is 0. The van der Waals surface area contributed by atoms with Crippen LogP contribution in [0.5, 0.6) is 0 Å². The van der Waals surface area contributed by atoms with Gasteiger partial charge in [-0.2, -0.15) is 0 Å². The molecule has 0 aliphatic rings. The minimum atomic E-state index is -4.68. The van der Waals surface area contributed by atoms with Crippen molar-refractivity contribution in [3.05, 3.63) is 0 Å². The highest BCUT2D eigenvalue weighted by molar-refractivity contribution is 7.46. The molecule has 0 radical (unpaired) electrons. The third kappa shape index (κ3) is 21.6. The zero-order valence-corrected chi connectivity index (χ0v) is 18.9. The monoisotopic (exact) mass is 438 g/mol. The van der Waals surface area contributed by atoms with Crippen LogP contribution in [0.15, 0.2) is 0 Å². The number of ether oxygens (including phenoxy) is 2. The quantitative estimate of drug-likeness (QED) is 0.170. The summed E-state index contributed by atoms with van der Waals surface area (Å²) in [7, 11) is -4.68. The lowest BCUT2D eigenvalue weighted by Crippen LogP contribution is -2.28. The number of carbonyl (C=O) groups is 2. The Bertz CT molecular complexity index is 477. The molecule has 0 aromatic carbocycles. The Balaban J connectivity index is 3.68. The van der Waals surface area contributed by atoms with Crippen molar-refractivity contribution in [1.82, 2.24) is 0 Å². The van der Waals surface area contributed by atoms with E-state index in [1.807, 2.05) is 0 Å². The van der Waals surface area contributed by atoms with Crippen LogP contribution in [-0.2, 0) is 28.2 Å². The van der Waals surface area contributed by atoms with Crippen molar-refractivity contribution < 1.29 is 37.9 Å². The van der Waals surface area contributed by atoms with E-state index in [-0.39, 0.29) is 13.0 Å². The maximum absolute atomic E-state index is 11.8. The van der Waals surface area contributed by atoms with Gasteiger partial charge in [0.05, 0.1) is 6.61 Å². The predicted octanol–water partition coefficient (Wildman–Crippen LogP) is 4.66. The Morgan fingerprint density at radius 2 is 1.31 bits per heavy atom. The van der Waals surface area contributed by atoms with Crippen molar-refractivity contribution in [2.24, 2.45) is 0 Å². The van der Waals surface area contributed by atoms with E-state index in [0.29, 0.717) is 0 Å². The highest BCUT2D eigenvalue weighted by Gasteiger charge is 2.21. The lowest BCUT2D eigenvalue weighted by molar-refractivity contribution is -0.159. The van der Waals surface area contributed by atoms with Crippen molar-refractivity contribution in [3.8, 4) is 0 Å². The summed E-state index contributed by atoms with van der Waals surface area (Å²) in [6.07, 6.45) is 13.7. The molecular weight excluding hydrogens is 399 g/mol. The van der Waals surface area contributed by atoms with Crippen LogP contribution < -0.4 is 0 Å². The first-order valence-electron chi connectivity index (χ1n) is 10.8. The molecule has 2 N–H and O–H groups in total. The maximum atomic E-state index is 11.8. The van der Waals surface area contributed by atoms with Crippen LogP contribution in [0.25, 0.3) is 0 Å². The van der Waals surface area contributed by atoms with Gasteiger partial charge >= 0.3 is 19.8 Å². The molecule has 0 saturated carbocycles.